The summed E-state index contributed by atoms with van der Waals surface area (Å²) in [5.74, 6) is -0.467. The average Bonchev–Trinajstić information content (AvgIpc) is 3.30. The highest BCUT2D eigenvalue weighted by molar-refractivity contribution is 7.89. The molecule has 2 aromatic heterocycles. The molecule has 1 aliphatic rings. The van der Waals surface area contributed by atoms with E-state index in [-0.39, 0.29) is 16.0 Å². The number of piperidine rings is 1. The minimum absolute atomic E-state index is 0.0943. The molecule has 1 amide bonds. The molecule has 0 unspecified atom stereocenters. The standard InChI is InChI=1S/C23H22N6O4S/c30-22(16-7-6-8-17(13-16)34(32,33)28-11-4-1-5-12-28)27-19-9-2-3-10-20(19)29-21-18(14-26-29)23(31)25-15-24-21/h2-3,6-10,13-15H,1,4-5,11-12H2,(H,27,30)(H,24,25,31). The molecule has 1 fully saturated rings. The fourth-order valence-electron chi connectivity index (χ4n) is 4.04. The van der Waals surface area contributed by atoms with E-state index >= 15 is 0 Å². The second-order valence-electron chi connectivity index (χ2n) is 7.99. The number of aromatic amines is 1. The van der Waals surface area contributed by atoms with Crippen molar-refractivity contribution in [3.63, 3.8) is 0 Å². The Hall–Kier alpha value is -3.83. The van der Waals surface area contributed by atoms with Crippen molar-refractivity contribution in [2.45, 2.75) is 24.2 Å². The molecule has 3 heterocycles. The van der Waals surface area contributed by atoms with Gasteiger partial charge in [0.25, 0.3) is 11.5 Å². The van der Waals surface area contributed by atoms with E-state index in [2.05, 4.69) is 20.4 Å². The van der Waals surface area contributed by atoms with Gasteiger partial charge in [-0.3, -0.25) is 9.59 Å². The van der Waals surface area contributed by atoms with E-state index in [9.17, 15) is 18.0 Å². The SMILES string of the molecule is O=C(Nc1ccccc1-n1ncc2c(=O)[nH]cnc21)c1cccc(S(=O)(=O)N2CCCCC2)c1. The molecule has 0 aliphatic carbocycles. The maximum Gasteiger partial charge on any atom is 0.261 e. The van der Waals surface area contributed by atoms with Gasteiger partial charge in [0.1, 0.15) is 5.39 Å². The molecule has 0 atom stereocenters. The van der Waals surface area contributed by atoms with Crippen LogP contribution in [-0.4, -0.2) is 51.5 Å². The number of para-hydroxylation sites is 2. The maximum absolute atomic E-state index is 13.1. The average molecular weight is 479 g/mol. The molecule has 4 aromatic rings. The van der Waals surface area contributed by atoms with Crippen molar-refractivity contribution in [2.24, 2.45) is 0 Å². The van der Waals surface area contributed by atoms with Gasteiger partial charge in [0.15, 0.2) is 5.65 Å². The number of fused-ring (bicyclic) bond motifs is 1. The van der Waals surface area contributed by atoms with Crippen LogP contribution in [0, 0.1) is 0 Å². The normalized spacial score (nSPS) is 14.8. The molecule has 2 N–H and O–H groups in total. The summed E-state index contributed by atoms with van der Waals surface area (Å²) in [6, 6.07) is 13.0. The van der Waals surface area contributed by atoms with Gasteiger partial charge in [0.2, 0.25) is 10.0 Å². The number of rotatable bonds is 5. The van der Waals surface area contributed by atoms with Gasteiger partial charge in [0, 0.05) is 18.7 Å². The first-order valence-electron chi connectivity index (χ1n) is 10.9. The van der Waals surface area contributed by atoms with Crippen LogP contribution in [-0.2, 0) is 10.0 Å². The number of carbonyl (C=O) groups excluding carboxylic acids is 1. The first-order chi connectivity index (χ1) is 16.4. The summed E-state index contributed by atoms with van der Waals surface area (Å²) >= 11 is 0. The van der Waals surface area contributed by atoms with Crippen molar-refractivity contribution in [1.29, 1.82) is 0 Å². The van der Waals surface area contributed by atoms with Crippen LogP contribution in [0.2, 0.25) is 0 Å². The zero-order valence-electron chi connectivity index (χ0n) is 18.1. The van der Waals surface area contributed by atoms with Crippen LogP contribution < -0.4 is 10.9 Å². The fraction of sp³-hybridized carbons (Fsp3) is 0.217. The number of H-pyrrole nitrogens is 1. The molecular weight excluding hydrogens is 456 g/mol. The van der Waals surface area contributed by atoms with Gasteiger partial charge in [-0.15, -0.1) is 0 Å². The molecule has 11 heteroatoms. The molecule has 0 radical (unpaired) electrons. The molecule has 0 bridgehead atoms. The Labute approximate surface area is 195 Å². The van der Waals surface area contributed by atoms with Crippen LogP contribution in [0.3, 0.4) is 0 Å². The zero-order chi connectivity index (χ0) is 23.7. The minimum atomic E-state index is -3.66. The molecule has 2 aromatic carbocycles. The number of aromatic nitrogens is 4. The van der Waals surface area contributed by atoms with Gasteiger partial charge in [-0.05, 0) is 43.2 Å². The molecule has 174 valence electrons. The van der Waals surface area contributed by atoms with Gasteiger partial charge in [-0.25, -0.2) is 18.1 Å². The lowest BCUT2D eigenvalue weighted by Gasteiger charge is -2.26. The Morgan fingerprint density at radius 3 is 2.65 bits per heavy atom. The van der Waals surface area contributed by atoms with Crippen molar-refractivity contribution < 1.29 is 13.2 Å². The highest BCUT2D eigenvalue weighted by Gasteiger charge is 2.26. The van der Waals surface area contributed by atoms with E-state index in [1.165, 1.54) is 33.6 Å². The van der Waals surface area contributed by atoms with E-state index < -0.39 is 15.9 Å². The highest BCUT2D eigenvalue weighted by Crippen LogP contribution is 2.24. The quantitative estimate of drug-likeness (QED) is 0.453. The number of hydrogen-bond acceptors (Lipinski definition) is 6. The van der Waals surface area contributed by atoms with Gasteiger partial charge < -0.3 is 10.3 Å². The molecule has 1 aliphatic heterocycles. The Bertz CT molecular complexity index is 1540. The predicted molar refractivity (Wildman–Crippen MR) is 126 cm³/mol. The van der Waals surface area contributed by atoms with E-state index in [1.54, 1.807) is 36.4 Å². The fourth-order valence-corrected chi connectivity index (χ4v) is 5.61. The number of sulfonamides is 1. The van der Waals surface area contributed by atoms with Crippen LogP contribution in [0.15, 0.2) is 70.7 Å². The van der Waals surface area contributed by atoms with Crippen LogP contribution in [0.1, 0.15) is 29.6 Å². The van der Waals surface area contributed by atoms with E-state index in [0.29, 0.717) is 35.5 Å². The monoisotopic (exact) mass is 478 g/mol. The maximum atomic E-state index is 13.1. The molecule has 10 nitrogen and oxygen atoms in total. The summed E-state index contributed by atoms with van der Waals surface area (Å²) in [4.78, 5) is 31.9. The van der Waals surface area contributed by atoms with Crippen molar-refractivity contribution in [3.8, 4) is 5.69 Å². The Kier molecular flexibility index (Phi) is 5.72. The summed E-state index contributed by atoms with van der Waals surface area (Å²) < 4.78 is 29.0. The zero-order valence-corrected chi connectivity index (χ0v) is 19.0. The van der Waals surface area contributed by atoms with Crippen molar-refractivity contribution >= 4 is 32.7 Å². The summed E-state index contributed by atoms with van der Waals surface area (Å²) in [6.07, 6.45) is 5.38. The largest absolute Gasteiger partial charge is 0.320 e. The third kappa shape index (κ3) is 3.99. The smallest absolute Gasteiger partial charge is 0.261 e. The van der Waals surface area contributed by atoms with Crippen LogP contribution in [0.4, 0.5) is 5.69 Å². The lowest BCUT2D eigenvalue weighted by molar-refractivity contribution is 0.102. The molecule has 34 heavy (non-hydrogen) atoms. The number of amides is 1. The van der Waals surface area contributed by atoms with Crippen molar-refractivity contribution in [3.05, 3.63) is 77.0 Å². The summed E-state index contributed by atoms with van der Waals surface area (Å²) in [5.41, 5.74) is 1.20. The van der Waals surface area contributed by atoms with Crippen LogP contribution >= 0.6 is 0 Å². The molecule has 0 spiro atoms. The number of benzene rings is 2. The topological polar surface area (TPSA) is 130 Å². The highest BCUT2D eigenvalue weighted by atomic mass is 32.2. The first kappa shape index (κ1) is 22.0. The number of nitrogens with one attached hydrogen (secondary N) is 2. The second kappa shape index (κ2) is 8.84. The predicted octanol–water partition coefficient (Wildman–Crippen LogP) is 2.54. The Morgan fingerprint density at radius 2 is 1.82 bits per heavy atom. The number of hydrogen-bond donors (Lipinski definition) is 2. The van der Waals surface area contributed by atoms with Crippen molar-refractivity contribution in [2.75, 3.05) is 18.4 Å². The van der Waals surface area contributed by atoms with Gasteiger partial charge in [-0.2, -0.15) is 9.40 Å². The van der Waals surface area contributed by atoms with E-state index in [4.69, 9.17) is 0 Å². The second-order valence-corrected chi connectivity index (χ2v) is 9.93. The van der Waals surface area contributed by atoms with E-state index in [1.807, 2.05) is 0 Å². The Balaban J connectivity index is 1.46. The summed E-state index contributed by atoms with van der Waals surface area (Å²) in [7, 11) is -3.66. The minimum Gasteiger partial charge on any atom is -0.320 e. The lowest BCUT2D eigenvalue weighted by atomic mass is 10.2. The molecule has 0 saturated carbocycles. The molecule has 5 rings (SSSR count). The number of anilines is 1. The van der Waals surface area contributed by atoms with Crippen molar-refractivity contribution in [1.82, 2.24) is 24.1 Å². The molecule has 1 saturated heterocycles. The van der Waals surface area contributed by atoms with Gasteiger partial charge >= 0.3 is 0 Å². The van der Waals surface area contributed by atoms with Crippen LogP contribution in [0.25, 0.3) is 16.7 Å². The number of nitrogens with zero attached hydrogens (tertiary/aromatic N) is 4. The molecular formula is C23H22N6O4S. The first-order valence-corrected chi connectivity index (χ1v) is 12.3. The van der Waals surface area contributed by atoms with Crippen LogP contribution in [0.5, 0.6) is 0 Å². The summed E-state index contributed by atoms with van der Waals surface area (Å²) in [5, 5.41) is 7.41. The third-order valence-electron chi connectivity index (χ3n) is 5.80. The third-order valence-corrected chi connectivity index (χ3v) is 7.70. The lowest BCUT2D eigenvalue weighted by Crippen LogP contribution is -2.35. The van der Waals surface area contributed by atoms with E-state index in [0.717, 1.165) is 19.3 Å². The number of carbonyl (C=O) groups is 1. The van der Waals surface area contributed by atoms with Gasteiger partial charge in [0.05, 0.1) is 28.8 Å². The summed E-state index contributed by atoms with van der Waals surface area (Å²) in [6.45, 7) is 0.974. The Morgan fingerprint density at radius 1 is 1.03 bits per heavy atom. The van der Waals surface area contributed by atoms with Gasteiger partial charge in [-0.1, -0.05) is 24.6 Å².